The van der Waals surface area contributed by atoms with Gasteiger partial charge in [-0.05, 0) is 87.3 Å². The molecule has 4 heterocycles. The van der Waals surface area contributed by atoms with Gasteiger partial charge in [-0.3, -0.25) is 4.57 Å². The third kappa shape index (κ3) is 5.30. The Morgan fingerprint density at radius 3 is 1.73 bits per heavy atom. The van der Waals surface area contributed by atoms with Crippen molar-refractivity contribution in [3.8, 4) is 56.8 Å². The number of fused-ring (bicyclic) bond motifs is 5. The zero-order chi connectivity index (χ0) is 40.7. The molecule has 0 atom stereocenters. The SMILES string of the molecule is c1ccc(-c2nc(-c3ccccc3)nc(-c3cccc(-c4ccc5cc(-n6c7cccc8ccc9cc%10c%11ccccc%11n(-c%11ccccn%11)c%10c6c9c87)ccc5c4)c3)n2)cc1. The van der Waals surface area contributed by atoms with E-state index in [4.69, 9.17) is 19.9 Å². The van der Waals surface area contributed by atoms with E-state index < -0.39 is 0 Å². The molecule has 13 rings (SSSR count). The fourth-order valence-corrected chi connectivity index (χ4v) is 9.51. The maximum Gasteiger partial charge on any atom is 0.164 e. The summed E-state index contributed by atoms with van der Waals surface area (Å²) >= 11 is 0. The fraction of sp³-hybridized carbons (Fsp3) is 0. The summed E-state index contributed by atoms with van der Waals surface area (Å²) in [5.74, 6) is 2.83. The van der Waals surface area contributed by atoms with Gasteiger partial charge in [0, 0.05) is 50.1 Å². The lowest BCUT2D eigenvalue weighted by Gasteiger charge is -2.13. The molecule has 0 fully saturated rings. The van der Waals surface area contributed by atoms with Gasteiger partial charge in [0.25, 0.3) is 0 Å². The fourth-order valence-electron chi connectivity index (χ4n) is 9.51. The molecule has 0 saturated carbocycles. The van der Waals surface area contributed by atoms with Crippen molar-refractivity contribution in [2.75, 3.05) is 0 Å². The van der Waals surface area contributed by atoms with Gasteiger partial charge >= 0.3 is 0 Å². The van der Waals surface area contributed by atoms with Crippen LogP contribution >= 0.6 is 0 Å². The number of pyridine rings is 1. The molecule has 9 aromatic carbocycles. The average Bonchev–Trinajstić information content (AvgIpc) is 3.88. The lowest BCUT2D eigenvalue weighted by molar-refractivity contribution is 1.07. The van der Waals surface area contributed by atoms with Crippen molar-refractivity contribution in [2.24, 2.45) is 0 Å². The Balaban J connectivity index is 0.969. The minimum Gasteiger partial charge on any atom is -0.307 e. The molecule has 0 saturated heterocycles. The topological polar surface area (TPSA) is 61.4 Å². The molecule has 0 aliphatic carbocycles. The molecule has 0 N–H and O–H groups in total. The van der Waals surface area contributed by atoms with Crippen LogP contribution in [0, 0.1) is 0 Å². The van der Waals surface area contributed by atoms with Gasteiger partial charge in [-0.2, -0.15) is 0 Å². The first-order valence-electron chi connectivity index (χ1n) is 20.9. The van der Waals surface area contributed by atoms with E-state index in [1.54, 1.807) is 0 Å². The predicted molar refractivity (Wildman–Crippen MR) is 254 cm³/mol. The predicted octanol–water partition coefficient (Wildman–Crippen LogP) is 13.9. The highest BCUT2D eigenvalue weighted by Gasteiger charge is 2.24. The summed E-state index contributed by atoms with van der Waals surface area (Å²) in [6, 6.07) is 70.8. The number of nitrogens with zero attached hydrogens (tertiary/aromatic N) is 6. The van der Waals surface area contributed by atoms with Gasteiger partial charge in [-0.1, -0.05) is 146 Å². The van der Waals surface area contributed by atoms with E-state index in [2.05, 4.69) is 143 Å². The van der Waals surface area contributed by atoms with Crippen molar-refractivity contribution in [1.29, 1.82) is 0 Å². The van der Waals surface area contributed by atoms with Crippen LogP contribution in [0.1, 0.15) is 0 Å². The summed E-state index contributed by atoms with van der Waals surface area (Å²) in [6.07, 6.45) is 1.88. The van der Waals surface area contributed by atoms with Crippen molar-refractivity contribution in [3.05, 3.63) is 206 Å². The highest BCUT2D eigenvalue weighted by atomic mass is 15.1. The third-order valence-corrected chi connectivity index (χ3v) is 12.3. The van der Waals surface area contributed by atoms with Crippen molar-refractivity contribution >= 4 is 65.2 Å². The normalized spacial score (nSPS) is 11.9. The molecule has 0 aliphatic heterocycles. The number of aromatic nitrogens is 6. The molecular formula is C56H34N6. The summed E-state index contributed by atoms with van der Waals surface area (Å²) in [6.45, 7) is 0. The van der Waals surface area contributed by atoms with E-state index in [-0.39, 0.29) is 0 Å². The summed E-state index contributed by atoms with van der Waals surface area (Å²) in [4.78, 5) is 19.8. The Labute approximate surface area is 356 Å². The smallest absolute Gasteiger partial charge is 0.164 e. The van der Waals surface area contributed by atoms with Gasteiger partial charge in [0.05, 0.1) is 22.1 Å². The first kappa shape index (κ1) is 34.4. The van der Waals surface area contributed by atoms with E-state index in [9.17, 15) is 0 Å². The van der Waals surface area contributed by atoms with Crippen LogP contribution in [0.2, 0.25) is 0 Å². The molecule has 4 aromatic heterocycles. The Morgan fingerprint density at radius 2 is 0.935 bits per heavy atom. The van der Waals surface area contributed by atoms with Gasteiger partial charge in [0.1, 0.15) is 5.82 Å². The van der Waals surface area contributed by atoms with E-state index in [1.807, 2.05) is 72.9 Å². The molecule has 62 heavy (non-hydrogen) atoms. The number of hydrogen-bond acceptors (Lipinski definition) is 4. The van der Waals surface area contributed by atoms with E-state index in [0.29, 0.717) is 17.5 Å². The second kappa shape index (κ2) is 13.5. The van der Waals surface area contributed by atoms with Gasteiger partial charge in [-0.25, -0.2) is 19.9 Å². The highest BCUT2D eigenvalue weighted by molar-refractivity contribution is 6.32. The number of benzene rings is 9. The Hall–Kier alpha value is -8.48. The Bertz CT molecular complexity index is 3790. The molecule has 0 amide bonds. The average molecular weight is 791 g/mol. The molecule has 0 spiro atoms. The van der Waals surface area contributed by atoms with Crippen LogP contribution in [-0.2, 0) is 0 Å². The molecule has 13 aromatic rings. The van der Waals surface area contributed by atoms with E-state index in [1.165, 1.54) is 43.4 Å². The molecule has 0 unspecified atom stereocenters. The molecule has 288 valence electrons. The van der Waals surface area contributed by atoms with Crippen molar-refractivity contribution in [2.45, 2.75) is 0 Å². The Morgan fingerprint density at radius 1 is 0.323 bits per heavy atom. The lowest BCUT2D eigenvalue weighted by atomic mass is 9.99. The molecular weight excluding hydrogens is 757 g/mol. The second-order valence-electron chi connectivity index (χ2n) is 15.9. The van der Waals surface area contributed by atoms with Crippen molar-refractivity contribution in [1.82, 2.24) is 29.1 Å². The van der Waals surface area contributed by atoms with Crippen LogP contribution in [0.5, 0.6) is 0 Å². The summed E-state index contributed by atoms with van der Waals surface area (Å²) in [5, 5.41) is 9.76. The third-order valence-electron chi connectivity index (χ3n) is 12.3. The Kier molecular flexibility index (Phi) is 7.50. The monoisotopic (exact) mass is 790 g/mol. The van der Waals surface area contributed by atoms with Gasteiger partial charge in [0.15, 0.2) is 17.5 Å². The molecule has 6 heteroatoms. The summed E-state index contributed by atoms with van der Waals surface area (Å²) < 4.78 is 4.82. The minimum absolute atomic E-state index is 0.637. The van der Waals surface area contributed by atoms with Gasteiger partial charge in [-0.15, -0.1) is 0 Å². The largest absolute Gasteiger partial charge is 0.307 e. The van der Waals surface area contributed by atoms with E-state index in [0.717, 1.165) is 61.1 Å². The van der Waals surface area contributed by atoms with Crippen LogP contribution < -0.4 is 0 Å². The lowest BCUT2D eigenvalue weighted by Crippen LogP contribution is -2.00. The van der Waals surface area contributed by atoms with Gasteiger partial charge in [0.2, 0.25) is 0 Å². The first-order chi connectivity index (χ1) is 30.7. The number of hydrogen-bond donors (Lipinski definition) is 0. The maximum absolute atomic E-state index is 5.00. The summed E-state index contributed by atoms with van der Waals surface area (Å²) in [5.41, 5.74) is 10.8. The molecule has 0 radical (unpaired) electrons. The second-order valence-corrected chi connectivity index (χ2v) is 15.9. The minimum atomic E-state index is 0.637. The van der Waals surface area contributed by atoms with Crippen LogP contribution in [0.15, 0.2) is 206 Å². The van der Waals surface area contributed by atoms with E-state index >= 15 is 0 Å². The highest BCUT2D eigenvalue weighted by Crippen LogP contribution is 2.46. The maximum atomic E-state index is 5.00. The zero-order valence-corrected chi connectivity index (χ0v) is 33.3. The standard InChI is InChI=1S/C56H34N6/c1-3-13-36(14-4-1)54-58-55(37-15-5-2-6-16-37)60-56(59-54)43-19-11-18-38(32-43)39-25-26-41-33-44(29-28-40(41)31-39)61-48-22-12-17-35-24-27-42-34-46-45-20-7-8-21-47(45)62(49-23-9-10-30-57-49)52(46)53(61)51(42)50(35)48/h1-34H. The van der Waals surface area contributed by atoms with Gasteiger partial charge < -0.3 is 4.57 Å². The van der Waals surface area contributed by atoms with Crippen molar-refractivity contribution in [3.63, 3.8) is 0 Å². The van der Waals surface area contributed by atoms with Crippen molar-refractivity contribution < 1.29 is 0 Å². The number of rotatable bonds is 6. The molecule has 0 bridgehead atoms. The first-order valence-corrected chi connectivity index (χ1v) is 20.9. The number of para-hydroxylation sites is 1. The van der Waals surface area contributed by atoms with Crippen LogP contribution in [0.3, 0.4) is 0 Å². The zero-order valence-electron chi connectivity index (χ0n) is 33.3. The quantitative estimate of drug-likeness (QED) is 0.157. The molecule has 6 nitrogen and oxygen atoms in total. The van der Waals surface area contributed by atoms with Crippen LogP contribution in [-0.4, -0.2) is 29.1 Å². The van der Waals surface area contributed by atoms with Crippen LogP contribution in [0.25, 0.3) is 122 Å². The summed E-state index contributed by atoms with van der Waals surface area (Å²) in [7, 11) is 0. The van der Waals surface area contributed by atoms with Crippen LogP contribution in [0.4, 0.5) is 0 Å². The molecule has 0 aliphatic rings.